The molecule has 33 heavy (non-hydrogen) atoms. The monoisotopic (exact) mass is 563 g/mol. The first-order chi connectivity index (χ1) is 15.6. The van der Waals surface area contributed by atoms with Gasteiger partial charge in [0, 0.05) is 5.38 Å². The van der Waals surface area contributed by atoms with Gasteiger partial charge in [0.1, 0.15) is 12.2 Å². The van der Waals surface area contributed by atoms with Gasteiger partial charge in [0.15, 0.2) is 17.9 Å². The molecule has 1 fully saturated rings. The average Bonchev–Trinajstić information content (AvgIpc) is 2.86. The fourth-order valence-corrected chi connectivity index (χ4v) is 5.31. The predicted molar refractivity (Wildman–Crippen MR) is 100 cm³/mol. The second-order valence-electron chi connectivity index (χ2n) is 5.81. The van der Waals surface area contributed by atoms with Gasteiger partial charge in [0.05, 0.1) is 15.5 Å². The molecule has 0 spiro atoms. The molecule has 16 nitrogen and oxygen atoms in total. The Morgan fingerprint density at radius 2 is 1.94 bits per heavy atom. The Kier molecular flexibility index (Phi) is 7.35. The minimum Gasteiger partial charge on any atom is -0.386 e. The summed E-state index contributed by atoms with van der Waals surface area (Å²) >= 11 is 5.15. The van der Waals surface area contributed by atoms with Gasteiger partial charge in [-0.05, 0) is 17.5 Å². The van der Waals surface area contributed by atoms with Crippen LogP contribution in [0.15, 0.2) is 11.0 Å². The van der Waals surface area contributed by atoms with E-state index in [1.165, 1.54) is 5.38 Å². The van der Waals surface area contributed by atoms with Crippen LogP contribution in [0, 0.1) is 17.1 Å². The maximum atomic E-state index is 15.6. The number of rotatable bonds is 8. The van der Waals surface area contributed by atoms with E-state index >= 15 is 4.39 Å². The molecule has 0 aromatic carbocycles. The standard InChI is InChI=1S/C11H13ClF2N3O13P3/c12-2-1-11(14)7(18)6(28-9(11)17-3-5(13)8(15)16-10(17)19)4-27-32(23,24)30-33(25,26)29-31(20,21)22/h3,6-7,9,18H,4H2,(H,23,24)(H,25,26)(H2,15,16,19)(H2,20,21,22)/t6-,7+,9-,11?/m1/s1/i4D2. The number of anilines is 1. The number of hydrogen-bond donors (Lipinski definition) is 6. The van der Waals surface area contributed by atoms with Gasteiger partial charge < -0.3 is 35.2 Å². The summed E-state index contributed by atoms with van der Waals surface area (Å²) in [6.45, 7) is -3.87. The molecule has 1 aliphatic heterocycles. The number of ether oxygens (including phenoxy) is 1. The topological polar surface area (TPSA) is 250 Å². The van der Waals surface area contributed by atoms with E-state index in [4.69, 9.17) is 39.5 Å². The fourth-order valence-electron chi connectivity index (χ4n) is 2.29. The molecule has 0 bridgehead atoms. The van der Waals surface area contributed by atoms with E-state index in [0.29, 0.717) is 0 Å². The molecule has 22 heteroatoms. The molecule has 0 saturated carbocycles. The van der Waals surface area contributed by atoms with Crippen LogP contribution in [-0.2, 0) is 31.6 Å². The van der Waals surface area contributed by atoms with Crippen molar-refractivity contribution in [2.24, 2.45) is 0 Å². The molecule has 0 aliphatic carbocycles. The van der Waals surface area contributed by atoms with Crippen LogP contribution in [0.4, 0.5) is 14.6 Å². The number of nitrogens with two attached hydrogens (primary N) is 1. The van der Waals surface area contributed by atoms with Crippen molar-refractivity contribution >= 4 is 40.9 Å². The molecule has 6 atom stereocenters. The SMILES string of the molecule is [2H]C([2H])(OP(=O)(O)OP(=O)(O)OP(=O)(O)O)[C@H]1O[C@@H](n2cc(F)c(N)nc2=O)C(F)(C#CCl)[C@H]1O. The summed E-state index contributed by atoms with van der Waals surface area (Å²) in [5.41, 5.74) is 0.0962. The molecular formula is C11H13ClF2N3O13P3. The number of aromatic nitrogens is 2. The number of aliphatic hydroxyl groups excluding tert-OH is 1. The molecule has 1 aromatic heterocycles. The van der Waals surface area contributed by atoms with Crippen LogP contribution in [0.1, 0.15) is 8.97 Å². The fraction of sp³-hybridized carbons (Fsp3) is 0.455. The van der Waals surface area contributed by atoms with Crippen LogP contribution in [0.25, 0.3) is 0 Å². The second kappa shape index (κ2) is 9.76. The van der Waals surface area contributed by atoms with Gasteiger partial charge in [-0.25, -0.2) is 27.3 Å². The third-order valence-corrected chi connectivity index (χ3v) is 7.24. The molecule has 0 radical (unpaired) electrons. The van der Waals surface area contributed by atoms with Gasteiger partial charge in [0.2, 0.25) is 5.67 Å². The number of alkyl halides is 1. The molecule has 2 heterocycles. The van der Waals surface area contributed by atoms with Crippen molar-refractivity contribution in [3.63, 3.8) is 0 Å². The lowest BCUT2D eigenvalue weighted by Gasteiger charge is -2.23. The highest BCUT2D eigenvalue weighted by Crippen LogP contribution is 2.66. The summed E-state index contributed by atoms with van der Waals surface area (Å²) in [4.78, 5) is 50.8. The molecule has 186 valence electrons. The third-order valence-electron chi connectivity index (χ3n) is 3.48. The quantitative estimate of drug-likeness (QED) is 0.172. The molecule has 1 saturated heterocycles. The first kappa shape index (κ1) is 24.8. The van der Waals surface area contributed by atoms with Crippen LogP contribution in [0.5, 0.6) is 0 Å². The molecule has 1 aromatic rings. The largest absolute Gasteiger partial charge is 0.490 e. The number of phosphoric ester groups is 1. The number of hydrogen-bond acceptors (Lipinski definition) is 11. The van der Waals surface area contributed by atoms with E-state index in [0.717, 1.165) is 0 Å². The van der Waals surface area contributed by atoms with Crippen molar-refractivity contribution in [3.05, 3.63) is 22.5 Å². The normalized spacial score (nSPS) is 30.4. The van der Waals surface area contributed by atoms with E-state index in [9.17, 15) is 32.9 Å². The molecule has 2 rings (SSSR count). The summed E-state index contributed by atoms with van der Waals surface area (Å²) in [7, 11) is -18.0. The van der Waals surface area contributed by atoms with Crippen molar-refractivity contribution in [3.8, 4) is 11.3 Å². The molecule has 1 aliphatic rings. The second-order valence-corrected chi connectivity index (χ2v) is 10.3. The minimum atomic E-state index is -6.16. The lowest BCUT2D eigenvalue weighted by Crippen LogP contribution is -2.44. The predicted octanol–water partition coefficient (Wildman–Crippen LogP) is -0.526. The van der Waals surface area contributed by atoms with Gasteiger partial charge in [-0.3, -0.25) is 9.09 Å². The van der Waals surface area contributed by atoms with Crippen molar-refractivity contribution in [1.29, 1.82) is 0 Å². The molecular weight excluding hydrogens is 549 g/mol. The number of nitrogens with zero attached hydrogens (tertiary/aromatic N) is 2. The Labute approximate surface area is 189 Å². The molecule has 3 unspecified atom stereocenters. The van der Waals surface area contributed by atoms with Crippen LogP contribution >= 0.6 is 35.1 Å². The summed E-state index contributed by atoms with van der Waals surface area (Å²) in [6, 6.07) is 0. The lowest BCUT2D eigenvalue weighted by molar-refractivity contribution is -0.0537. The summed E-state index contributed by atoms with van der Waals surface area (Å²) in [5.74, 6) is -0.739. The Morgan fingerprint density at radius 1 is 1.33 bits per heavy atom. The summed E-state index contributed by atoms with van der Waals surface area (Å²) < 4.78 is 94.6. The average molecular weight is 564 g/mol. The van der Waals surface area contributed by atoms with Crippen molar-refractivity contribution in [1.82, 2.24) is 9.55 Å². The zero-order valence-corrected chi connectivity index (χ0v) is 18.7. The summed E-state index contributed by atoms with van der Waals surface area (Å²) in [5, 5.41) is 11.8. The van der Waals surface area contributed by atoms with Gasteiger partial charge >= 0.3 is 29.2 Å². The lowest BCUT2D eigenvalue weighted by atomic mass is 9.97. The highest BCUT2D eigenvalue weighted by atomic mass is 35.5. The van der Waals surface area contributed by atoms with Crippen molar-refractivity contribution < 1.29 is 67.8 Å². The van der Waals surface area contributed by atoms with Gasteiger partial charge in [0.25, 0.3) is 0 Å². The first-order valence-electron chi connectivity index (χ1n) is 8.68. The van der Waals surface area contributed by atoms with Crippen LogP contribution in [0.3, 0.4) is 0 Å². The number of halogens is 3. The third kappa shape index (κ3) is 6.87. The van der Waals surface area contributed by atoms with E-state index in [2.05, 4.69) is 18.1 Å². The number of phosphoric acid groups is 3. The zero-order valence-electron chi connectivity index (χ0n) is 17.3. The number of aliphatic hydroxyl groups is 1. The van der Waals surface area contributed by atoms with Crippen LogP contribution in [-0.4, -0.2) is 58.7 Å². The Bertz CT molecular complexity index is 1270. The Hall–Kier alpha value is -1.28. The van der Waals surface area contributed by atoms with Gasteiger partial charge in [-0.2, -0.15) is 13.6 Å². The van der Waals surface area contributed by atoms with E-state index in [1.54, 1.807) is 5.92 Å². The van der Waals surface area contributed by atoms with Gasteiger partial charge in [-0.15, -0.1) is 0 Å². The van der Waals surface area contributed by atoms with Crippen LogP contribution < -0.4 is 11.4 Å². The Morgan fingerprint density at radius 3 is 2.48 bits per heavy atom. The Balaban J connectivity index is 2.44. The van der Waals surface area contributed by atoms with E-state index in [1.807, 2.05) is 0 Å². The first-order valence-corrected chi connectivity index (χ1v) is 12.6. The zero-order chi connectivity index (χ0) is 27.2. The molecule has 0 amide bonds. The van der Waals surface area contributed by atoms with Crippen molar-refractivity contribution in [2.45, 2.75) is 24.1 Å². The molecule has 7 N–H and O–H groups in total. The van der Waals surface area contributed by atoms with E-state index in [-0.39, 0.29) is 10.8 Å². The smallest absolute Gasteiger partial charge is 0.386 e. The highest BCUT2D eigenvalue weighted by Gasteiger charge is 2.58. The maximum Gasteiger partial charge on any atom is 0.490 e. The van der Waals surface area contributed by atoms with Gasteiger partial charge in [-0.1, -0.05) is 0 Å². The van der Waals surface area contributed by atoms with Crippen molar-refractivity contribution in [2.75, 3.05) is 12.3 Å². The summed E-state index contributed by atoms with van der Waals surface area (Å²) in [6.07, 6.45) is -7.82. The van der Waals surface area contributed by atoms with Crippen LogP contribution in [0.2, 0.25) is 0 Å². The minimum absolute atomic E-state index is 0.0526. The number of nitrogen functional groups attached to an aromatic ring is 1. The maximum absolute atomic E-state index is 15.6. The highest BCUT2D eigenvalue weighted by molar-refractivity contribution is 7.66. The van der Waals surface area contributed by atoms with E-state index < -0.39 is 71.5 Å².